The molecule has 2 aromatic rings. The Bertz CT molecular complexity index is 609. The Kier molecular flexibility index (Phi) is 2.46. The number of furan rings is 1. The number of hydrogen-bond acceptors (Lipinski definition) is 4. The van der Waals surface area contributed by atoms with Gasteiger partial charge in [-0.2, -0.15) is 0 Å². The highest BCUT2D eigenvalue weighted by Gasteiger charge is 2.19. The van der Waals surface area contributed by atoms with E-state index >= 15 is 0 Å². The Balaban J connectivity index is 2.78. The molecule has 0 aliphatic heterocycles. The van der Waals surface area contributed by atoms with Gasteiger partial charge in [-0.1, -0.05) is 0 Å². The van der Waals surface area contributed by atoms with Crippen LogP contribution in [0.15, 0.2) is 10.5 Å². The second-order valence-corrected chi connectivity index (χ2v) is 3.94. The molecule has 17 heavy (non-hydrogen) atoms. The second-order valence-electron chi connectivity index (χ2n) is 3.94. The normalized spacial score (nSPS) is 10.9. The first-order valence-corrected chi connectivity index (χ1v) is 5.07. The summed E-state index contributed by atoms with van der Waals surface area (Å²) in [4.78, 5) is 10.7. The van der Waals surface area contributed by atoms with Crippen LogP contribution >= 0.6 is 0 Å². The average molecular weight is 236 g/mol. The van der Waals surface area contributed by atoms with E-state index in [1.165, 1.54) is 6.07 Å². The van der Waals surface area contributed by atoms with Gasteiger partial charge in [0.2, 0.25) is 0 Å². The minimum Gasteiger partial charge on any atom is -0.508 e. The van der Waals surface area contributed by atoms with Gasteiger partial charge in [0.05, 0.1) is 5.39 Å². The summed E-state index contributed by atoms with van der Waals surface area (Å²) in [6, 6.07) is 1.42. The number of phenols is 2. The molecule has 3 N–H and O–H groups in total. The average Bonchev–Trinajstić information content (AvgIpc) is 2.51. The number of aliphatic carboxylic acids is 1. The second kappa shape index (κ2) is 3.69. The number of carbonyl (C=O) groups is 1. The summed E-state index contributed by atoms with van der Waals surface area (Å²) in [6.07, 6.45) is -0.285. The molecule has 0 aliphatic rings. The molecule has 0 saturated heterocycles. The Labute approximate surface area is 96.9 Å². The molecule has 1 heterocycles. The molecule has 5 heteroatoms. The number of carboxylic acids is 1. The van der Waals surface area contributed by atoms with Gasteiger partial charge in [-0.15, -0.1) is 0 Å². The number of carboxylic acid groups (broad SMARTS) is 1. The highest BCUT2D eigenvalue weighted by molar-refractivity contribution is 5.96. The van der Waals surface area contributed by atoms with Gasteiger partial charge in [-0.3, -0.25) is 4.79 Å². The molecule has 0 bridgehead atoms. The summed E-state index contributed by atoms with van der Waals surface area (Å²) in [6.45, 7) is 3.22. The van der Waals surface area contributed by atoms with Crippen LogP contribution in [-0.2, 0) is 11.2 Å². The van der Waals surface area contributed by atoms with Crippen molar-refractivity contribution in [1.82, 2.24) is 0 Å². The van der Waals surface area contributed by atoms with E-state index in [9.17, 15) is 15.0 Å². The zero-order valence-corrected chi connectivity index (χ0v) is 9.44. The van der Waals surface area contributed by atoms with Crippen LogP contribution in [0, 0.1) is 13.8 Å². The van der Waals surface area contributed by atoms with Crippen molar-refractivity contribution in [1.29, 1.82) is 0 Å². The maximum atomic E-state index is 10.7. The maximum absolute atomic E-state index is 10.7. The monoisotopic (exact) mass is 236 g/mol. The first kappa shape index (κ1) is 11.3. The van der Waals surface area contributed by atoms with Gasteiger partial charge in [-0.05, 0) is 19.9 Å². The number of benzene rings is 1. The van der Waals surface area contributed by atoms with E-state index in [4.69, 9.17) is 9.52 Å². The zero-order valence-electron chi connectivity index (χ0n) is 9.44. The lowest BCUT2D eigenvalue weighted by Crippen LogP contribution is -1.98. The number of phenolic OH excluding ortho intramolecular Hbond substituents is 2. The van der Waals surface area contributed by atoms with Crippen molar-refractivity contribution in [3.8, 4) is 11.5 Å². The van der Waals surface area contributed by atoms with E-state index in [-0.39, 0.29) is 23.7 Å². The number of rotatable bonds is 2. The zero-order chi connectivity index (χ0) is 12.7. The van der Waals surface area contributed by atoms with E-state index in [1.807, 2.05) is 0 Å². The molecule has 1 aromatic heterocycles. The lowest BCUT2D eigenvalue weighted by atomic mass is 10.0. The molecule has 0 saturated carbocycles. The standard InChI is InChI=1S/C12H12O5/c1-5-8(13)3-7-9(4-10(14)15)17-6(2)11(7)12(5)16/h3,13,16H,4H2,1-2H3,(H,14,15). The van der Waals surface area contributed by atoms with Crippen LogP contribution in [0.1, 0.15) is 17.1 Å². The summed E-state index contributed by atoms with van der Waals surface area (Å²) in [5, 5.41) is 29.2. The fourth-order valence-electron chi connectivity index (χ4n) is 1.89. The molecule has 90 valence electrons. The largest absolute Gasteiger partial charge is 0.508 e. The van der Waals surface area contributed by atoms with E-state index in [0.29, 0.717) is 22.1 Å². The van der Waals surface area contributed by atoms with Gasteiger partial charge >= 0.3 is 5.97 Å². The Morgan fingerprint density at radius 1 is 1.35 bits per heavy atom. The minimum atomic E-state index is -1.03. The molecule has 0 atom stereocenters. The third kappa shape index (κ3) is 1.69. The van der Waals surface area contributed by atoms with Crippen molar-refractivity contribution >= 4 is 16.7 Å². The SMILES string of the molecule is Cc1c(O)cc2c(CC(=O)O)oc(C)c2c1O. The van der Waals surface area contributed by atoms with Gasteiger partial charge in [-0.25, -0.2) is 0 Å². The predicted octanol–water partition coefficient (Wildman–Crippen LogP) is 2.09. The molecule has 0 aliphatic carbocycles. The molecule has 0 radical (unpaired) electrons. The number of fused-ring (bicyclic) bond motifs is 1. The van der Waals surface area contributed by atoms with Crippen LogP contribution < -0.4 is 0 Å². The fraction of sp³-hybridized carbons (Fsp3) is 0.250. The molecule has 5 nitrogen and oxygen atoms in total. The van der Waals surface area contributed by atoms with Crippen molar-refractivity contribution in [3.63, 3.8) is 0 Å². The van der Waals surface area contributed by atoms with Crippen molar-refractivity contribution in [2.24, 2.45) is 0 Å². The summed E-state index contributed by atoms with van der Waals surface area (Å²) < 4.78 is 5.31. The van der Waals surface area contributed by atoms with E-state index in [0.717, 1.165) is 0 Å². The first-order valence-electron chi connectivity index (χ1n) is 5.07. The van der Waals surface area contributed by atoms with Gasteiger partial charge in [0, 0.05) is 10.9 Å². The lowest BCUT2D eigenvalue weighted by Gasteiger charge is -2.03. The Morgan fingerprint density at radius 2 is 2.00 bits per heavy atom. The fourth-order valence-corrected chi connectivity index (χ4v) is 1.89. The smallest absolute Gasteiger partial charge is 0.311 e. The Hall–Kier alpha value is -2.17. The molecule has 0 amide bonds. The van der Waals surface area contributed by atoms with E-state index in [2.05, 4.69) is 0 Å². The van der Waals surface area contributed by atoms with Gasteiger partial charge in [0.15, 0.2) is 0 Å². The number of aromatic hydroxyl groups is 2. The molecule has 2 rings (SSSR count). The lowest BCUT2D eigenvalue weighted by molar-refractivity contribution is -0.136. The van der Waals surface area contributed by atoms with Gasteiger partial charge < -0.3 is 19.7 Å². The highest BCUT2D eigenvalue weighted by Crippen LogP contribution is 2.39. The third-order valence-electron chi connectivity index (χ3n) is 2.77. The topological polar surface area (TPSA) is 90.9 Å². The molecule has 1 aromatic carbocycles. The quantitative estimate of drug-likeness (QED) is 0.742. The van der Waals surface area contributed by atoms with Crippen LogP contribution in [0.25, 0.3) is 10.8 Å². The van der Waals surface area contributed by atoms with Crippen molar-refractivity contribution in [2.45, 2.75) is 20.3 Å². The molecule has 0 fully saturated rings. The summed E-state index contributed by atoms with van der Waals surface area (Å²) in [5.74, 6) is -0.506. The summed E-state index contributed by atoms with van der Waals surface area (Å²) >= 11 is 0. The van der Waals surface area contributed by atoms with Crippen molar-refractivity contribution in [3.05, 3.63) is 23.2 Å². The minimum absolute atomic E-state index is 0.0714. The molecular weight excluding hydrogens is 224 g/mol. The van der Waals surface area contributed by atoms with Gasteiger partial charge in [0.1, 0.15) is 29.4 Å². The van der Waals surface area contributed by atoms with Crippen molar-refractivity contribution < 1.29 is 24.5 Å². The molecule has 0 spiro atoms. The highest BCUT2D eigenvalue weighted by atomic mass is 16.4. The van der Waals surface area contributed by atoms with Crippen LogP contribution in [0.2, 0.25) is 0 Å². The van der Waals surface area contributed by atoms with E-state index in [1.54, 1.807) is 13.8 Å². The van der Waals surface area contributed by atoms with E-state index < -0.39 is 5.97 Å². The summed E-state index contributed by atoms with van der Waals surface area (Å²) in [7, 11) is 0. The maximum Gasteiger partial charge on any atom is 0.311 e. The van der Waals surface area contributed by atoms with Crippen LogP contribution in [0.3, 0.4) is 0 Å². The molecule has 0 unspecified atom stereocenters. The third-order valence-corrected chi connectivity index (χ3v) is 2.77. The molecular formula is C12H12O5. The van der Waals surface area contributed by atoms with Crippen LogP contribution in [0.4, 0.5) is 0 Å². The van der Waals surface area contributed by atoms with Gasteiger partial charge in [0.25, 0.3) is 0 Å². The van der Waals surface area contributed by atoms with Crippen molar-refractivity contribution in [2.75, 3.05) is 0 Å². The summed E-state index contributed by atoms with van der Waals surface area (Å²) in [5.41, 5.74) is 0.350. The van der Waals surface area contributed by atoms with Crippen LogP contribution in [0.5, 0.6) is 11.5 Å². The number of aryl methyl sites for hydroxylation is 1. The first-order chi connectivity index (χ1) is 7.91. The number of hydrogen-bond donors (Lipinski definition) is 3. The Morgan fingerprint density at radius 3 is 2.59 bits per heavy atom. The predicted molar refractivity (Wildman–Crippen MR) is 60.4 cm³/mol. The van der Waals surface area contributed by atoms with Crippen LogP contribution in [-0.4, -0.2) is 21.3 Å².